The maximum atomic E-state index is 10.9. The van der Waals surface area contributed by atoms with Crippen LogP contribution in [0.2, 0.25) is 0 Å². The molecule has 0 aromatic heterocycles. The zero-order valence-electron chi connectivity index (χ0n) is 11.9. The SMILES string of the molecule is CC1=C[C@@H](O)C2C(C)(C)CCC[C@]2(C)[C@@]1(O)CO. The van der Waals surface area contributed by atoms with Gasteiger partial charge < -0.3 is 15.3 Å². The van der Waals surface area contributed by atoms with Crippen LogP contribution in [-0.2, 0) is 0 Å². The Morgan fingerprint density at radius 3 is 2.44 bits per heavy atom. The predicted octanol–water partition coefficient (Wildman–Crippen LogP) is 1.86. The van der Waals surface area contributed by atoms with E-state index in [0.29, 0.717) is 5.57 Å². The van der Waals surface area contributed by atoms with Gasteiger partial charge in [0.2, 0.25) is 0 Å². The van der Waals surface area contributed by atoms with E-state index in [4.69, 9.17) is 0 Å². The van der Waals surface area contributed by atoms with Crippen molar-refractivity contribution in [1.29, 1.82) is 0 Å². The van der Waals surface area contributed by atoms with E-state index in [-0.39, 0.29) is 17.9 Å². The molecule has 2 aliphatic rings. The molecule has 0 saturated heterocycles. The number of aliphatic hydroxyl groups excluding tert-OH is 2. The van der Waals surface area contributed by atoms with Gasteiger partial charge in [-0.2, -0.15) is 0 Å². The molecule has 104 valence electrons. The summed E-state index contributed by atoms with van der Waals surface area (Å²) in [6.07, 6.45) is 4.13. The zero-order chi connectivity index (χ0) is 13.8. The second-order valence-corrected chi connectivity index (χ2v) is 7.10. The third-order valence-corrected chi connectivity index (χ3v) is 5.63. The summed E-state index contributed by atoms with van der Waals surface area (Å²) in [6, 6.07) is 0. The minimum absolute atomic E-state index is 0.0143. The van der Waals surface area contributed by atoms with Crippen LogP contribution in [0.4, 0.5) is 0 Å². The van der Waals surface area contributed by atoms with Crippen molar-refractivity contribution in [3.05, 3.63) is 11.6 Å². The summed E-state index contributed by atoms with van der Waals surface area (Å²) in [4.78, 5) is 0. The van der Waals surface area contributed by atoms with E-state index in [1.165, 1.54) is 0 Å². The Kier molecular flexibility index (Phi) is 3.16. The lowest BCUT2D eigenvalue weighted by molar-refractivity contribution is -0.185. The van der Waals surface area contributed by atoms with Gasteiger partial charge in [-0.3, -0.25) is 0 Å². The molecule has 0 heterocycles. The smallest absolute Gasteiger partial charge is 0.114 e. The Morgan fingerprint density at radius 1 is 1.28 bits per heavy atom. The number of hydrogen-bond acceptors (Lipinski definition) is 3. The van der Waals surface area contributed by atoms with E-state index in [2.05, 4.69) is 13.8 Å². The lowest BCUT2D eigenvalue weighted by atomic mass is 9.46. The van der Waals surface area contributed by atoms with Crippen LogP contribution in [0, 0.1) is 16.7 Å². The summed E-state index contributed by atoms with van der Waals surface area (Å²) >= 11 is 0. The Morgan fingerprint density at radius 2 is 1.89 bits per heavy atom. The lowest BCUT2D eigenvalue weighted by Crippen LogP contribution is -2.64. The van der Waals surface area contributed by atoms with Gasteiger partial charge in [-0.1, -0.05) is 33.3 Å². The first kappa shape index (κ1) is 14.0. The molecule has 1 saturated carbocycles. The Labute approximate surface area is 110 Å². The molecule has 2 aliphatic carbocycles. The molecular weight excluding hydrogens is 228 g/mol. The van der Waals surface area contributed by atoms with E-state index in [0.717, 1.165) is 19.3 Å². The molecule has 0 radical (unpaired) electrons. The Bertz CT molecular complexity index is 374. The summed E-state index contributed by atoms with van der Waals surface area (Å²) in [5.74, 6) is -0.0143. The van der Waals surface area contributed by atoms with Gasteiger partial charge in [0.25, 0.3) is 0 Å². The number of fused-ring (bicyclic) bond motifs is 1. The van der Waals surface area contributed by atoms with Crippen LogP contribution < -0.4 is 0 Å². The average Bonchev–Trinajstić information content (AvgIpc) is 2.24. The molecule has 3 N–H and O–H groups in total. The fourth-order valence-electron chi connectivity index (χ4n) is 4.63. The van der Waals surface area contributed by atoms with Crippen molar-refractivity contribution in [2.24, 2.45) is 16.7 Å². The molecule has 1 unspecified atom stereocenters. The van der Waals surface area contributed by atoms with Crippen molar-refractivity contribution in [3.63, 3.8) is 0 Å². The molecule has 4 atom stereocenters. The first-order valence-corrected chi connectivity index (χ1v) is 6.89. The molecule has 3 heteroatoms. The van der Waals surface area contributed by atoms with Crippen LogP contribution in [0.5, 0.6) is 0 Å². The first-order chi connectivity index (χ1) is 8.19. The summed E-state index contributed by atoms with van der Waals surface area (Å²) in [5, 5.41) is 31.1. The lowest BCUT2D eigenvalue weighted by Gasteiger charge is -2.61. The van der Waals surface area contributed by atoms with Crippen molar-refractivity contribution < 1.29 is 15.3 Å². The maximum absolute atomic E-state index is 10.9. The van der Waals surface area contributed by atoms with E-state index in [1.807, 2.05) is 13.8 Å². The standard InChI is InChI=1S/C15H26O3/c1-10-8-11(17)12-13(2,3)6-5-7-14(12,4)15(10,18)9-16/h8,11-12,16-18H,5-7,9H2,1-4H3/t11-,12?,14+,15-/m1/s1. The molecule has 18 heavy (non-hydrogen) atoms. The van der Waals surface area contributed by atoms with Crippen molar-refractivity contribution in [2.75, 3.05) is 6.61 Å². The quantitative estimate of drug-likeness (QED) is 0.626. The predicted molar refractivity (Wildman–Crippen MR) is 71.0 cm³/mol. The summed E-state index contributed by atoms with van der Waals surface area (Å²) in [7, 11) is 0. The van der Waals surface area contributed by atoms with E-state index in [9.17, 15) is 15.3 Å². The fourth-order valence-corrected chi connectivity index (χ4v) is 4.63. The molecule has 0 spiro atoms. The minimum atomic E-state index is -1.20. The highest BCUT2D eigenvalue weighted by molar-refractivity contribution is 5.29. The highest BCUT2D eigenvalue weighted by atomic mass is 16.3. The average molecular weight is 254 g/mol. The van der Waals surface area contributed by atoms with Gasteiger partial charge in [0.1, 0.15) is 5.60 Å². The molecule has 0 aliphatic heterocycles. The largest absolute Gasteiger partial charge is 0.393 e. The highest BCUT2D eigenvalue weighted by Crippen LogP contribution is 2.60. The third-order valence-electron chi connectivity index (χ3n) is 5.63. The van der Waals surface area contributed by atoms with E-state index in [1.54, 1.807) is 6.08 Å². The van der Waals surface area contributed by atoms with E-state index >= 15 is 0 Å². The highest BCUT2D eigenvalue weighted by Gasteiger charge is 2.61. The molecule has 0 aromatic rings. The molecular formula is C15H26O3. The first-order valence-electron chi connectivity index (χ1n) is 6.89. The van der Waals surface area contributed by atoms with Crippen LogP contribution in [-0.4, -0.2) is 33.6 Å². The topological polar surface area (TPSA) is 60.7 Å². The van der Waals surface area contributed by atoms with Gasteiger partial charge in [0, 0.05) is 11.3 Å². The maximum Gasteiger partial charge on any atom is 0.114 e. The normalized spacial score (nSPS) is 47.4. The molecule has 2 rings (SSSR count). The summed E-state index contributed by atoms with van der Waals surface area (Å²) in [6.45, 7) is 7.87. The second-order valence-electron chi connectivity index (χ2n) is 7.10. The van der Waals surface area contributed by atoms with Crippen molar-refractivity contribution in [3.8, 4) is 0 Å². The van der Waals surface area contributed by atoms with Crippen LogP contribution in [0.3, 0.4) is 0 Å². The van der Waals surface area contributed by atoms with Crippen molar-refractivity contribution >= 4 is 0 Å². The zero-order valence-corrected chi connectivity index (χ0v) is 11.9. The van der Waals surface area contributed by atoms with Crippen molar-refractivity contribution in [1.82, 2.24) is 0 Å². The Hall–Kier alpha value is -0.380. The van der Waals surface area contributed by atoms with Crippen molar-refractivity contribution in [2.45, 2.75) is 58.7 Å². The Balaban J connectivity index is 2.58. The third kappa shape index (κ3) is 1.60. The fraction of sp³-hybridized carbons (Fsp3) is 0.867. The summed E-state index contributed by atoms with van der Waals surface area (Å²) in [5.41, 5.74) is -0.975. The molecule has 0 aromatic carbocycles. The van der Waals surface area contributed by atoms with Gasteiger partial charge in [-0.25, -0.2) is 0 Å². The number of aliphatic hydroxyl groups is 3. The van der Waals surface area contributed by atoms with Gasteiger partial charge >= 0.3 is 0 Å². The molecule has 0 amide bonds. The number of hydrogen-bond donors (Lipinski definition) is 3. The number of rotatable bonds is 1. The van der Waals surface area contributed by atoms with Gasteiger partial charge in [0.05, 0.1) is 12.7 Å². The van der Waals surface area contributed by atoms with Crippen LogP contribution in [0.1, 0.15) is 47.0 Å². The molecule has 3 nitrogen and oxygen atoms in total. The van der Waals surface area contributed by atoms with Crippen LogP contribution in [0.25, 0.3) is 0 Å². The van der Waals surface area contributed by atoms with Gasteiger partial charge in [-0.15, -0.1) is 0 Å². The van der Waals surface area contributed by atoms with Gasteiger partial charge in [-0.05, 0) is 30.8 Å². The molecule has 0 bridgehead atoms. The monoisotopic (exact) mass is 254 g/mol. The second kappa shape index (κ2) is 4.06. The van der Waals surface area contributed by atoms with Crippen LogP contribution in [0.15, 0.2) is 11.6 Å². The van der Waals surface area contributed by atoms with Gasteiger partial charge in [0.15, 0.2) is 0 Å². The summed E-state index contributed by atoms with van der Waals surface area (Å²) < 4.78 is 0. The molecule has 1 fully saturated rings. The van der Waals surface area contributed by atoms with Crippen LogP contribution >= 0.6 is 0 Å². The van der Waals surface area contributed by atoms with E-state index < -0.39 is 17.1 Å². The minimum Gasteiger partial charge on any atom is -0.393 e.